The Kier molecular flexibility index (Phi) is 6.54. The van der Waals surface area contributed by atoms with E-state index in [1.165, 1.54) is 6.07 Å². The fourth-order valence-corrected chi connectivity index (χ4v) is 4.18. The fraction of sp³-hybridized carbons (Fsp3) is 0.143. The third-order valence-electron chi connectivity index (χ3n) is 6.19. The molecule has 0 fully saturated rings. The molecule has 0 aliphatic carbocycles. The largest absolute Gasteiger partial charge is 0.417 e. The van der Waals surface area contributed by atoms with Crippen molar-refractivity contribution in [3.63, 3.8) is 0 Å². The monoisotopic (exact) mass is 516 g/mol. The van der Waals surface area contributed by atoms with E-state index in [4.69, 9.17) is 5.73 Å². The average molecular weight is 517 g/mol. The summed E-state index contributed by atoms with van der Waals surface area (Å²) in [6, 6.07) is 18.5. The Balaban J connectivity index is 1.52. The van der Waals surface area contributed by atoms with Crippen molar-refractivity contribution in [2.45, 2.75) is 26.2 Å². The summed E-state index contributed by atoms with van der Waals surface area (Å²) in [5, 5.41) is 5.06. The molecule has 10 heteroatoms. The lowest BCUT2D eigenvalue weighted by molar-refractivity contribution is -0.137. The zero-order chi connectivity index (χ0) is 26.9. The summed E-state index contributed by atoms with van der Waals surface area (Å²) < 4.78 is 40.9. The van der Waals surface area contributed by atoms with Crippen LogP contribution in [-0.2, 0) is 19.3 Å². The highest BCUT2D eigenvalue weighted by Gasteiger charge is 2.31. The molecule has 1 amide bonds. The van der Waals surface area contributed by atoms with Crippen molar-refractivity contribution >= 4 is 22.6 Å². The van der Waals surface area contributed by atoms with E-state index in [2.05, 4.69) is 15.1 Å². The number of benzene rings is 2. The normalized spacial score (nSPS) is 11.6. The molecular formula is C28H23F3N6O. The second-order valence-corrected chi connectivity index (χ2v) is 8.87. The molecule has 0 saturated heterocycles. The number of hydrogen-bond acceptors (Lipinski definition) is 5. The number of rotatable bonds is 6. The lowest BCUT2D eigenvalue weighted by Crippen LogP contribution is -2.31. The van der Waals surface area contributed by atoms with Gasteiger partial charge in [0.15, 0.2) is 0 Å². The molecule has 0 radical (unpaired) electrons. The second-order valence-electron chi connectivity index (χ2n) is 8.87. The smallest absolute Gasteiger partial charge is 0.383 e. The van der Waals surface area contributed by atoms with Crippen molar-refractivity contribution in [1.82, 2.24) is 24.6 Å². The Morgan fingerprint density at radius 3 is 2.55 bits per heavy atom. The molecular weight excluding hydrogens is 493 g/mol. The maximum Gasteiger partial charge on any atom is 0.417 e. The molecule has 0 spiro atoms. The van der Waals surface area contributed by atoms with Crippen molar-refractivity contribution in [2.24, 2.45) is 0 Å². The third kappa shape index (κ3) is 5.19. The van der Waals surface area contributed by atoms with Gasteiger partial charge in [0.2, 0.25) is 0 Å². The Hall–Kier alpha value is -4.73. The SMILES string of the molecule is Cc1cc2cc(C(=O)N(Cc3ccc(C(F)(F)F)cn3)Cc3ccccc3-n3cccn3)ccc2nc1N. The van der Waals surface area contributed by atoms with Gasteiger partial charge in [0.1, 0.15) is 5.82 Å². The van der Waals surface area contributed by atoms with Gasteiger partial charge in [0.05, 0.1) is 29.0 Å². The molecule has 5 aromatic rings. The van der Waals surface area contributed by atoms with Gasteiger partial charge < -0.3 is 10.6 Å². The van der Waals surface area contributed by atoms with Crippen molar-refractivity contribution in [2.75, 3.05) is 5.73 Å². The van der Waals surface area contributed by atoms with E-state index in [0.717, 1.165) is 34.5 Å². The van der Waals surface area contributed by atoms with Crippen molar-refractivity contribution in [3.8, 4) is 5.69 Å². The number of anilines is 1. The molecule has 0 aliphatic heterocycles. The summed E-state index contributed by atoms with van der Waals surface area (Å²) in [5.74, 6) is 0.111. The van der Waals surface area contributed by atoms with E-state index in [1.807, 2.05) is 37.3 Å². The first-order valence-corrected chi connectivity index (χ1v) is 11.8. The number of nitrogen functional groups attached to an aromatic ring is 1. The minimum Gasteiger partial charge on any atom is -0.383 e. The first-order valence-electron chi connectivity index (χ1n) is 11.8. The van der Waals surface area contributed by atoms with E-state index >= 15 is 0 Å². The minimum absolute atomic E-state index is 0.00145. The number of para-hydroxylation sites is 1. The Morgan fingerprint density at radius 2 is 1.84 bits per heavy atom. The van der Waals surface area contributed by atoms with Crippen LogP contribution in [0.1, 0.15) is 32.7 Å². The number of aryl methyl sites for hydroxylation is 1. The average Bonchev–Trinajstić information content (AvgIpc) is 3.43. The van der Waals surface area contributed by atoms with Crippen molar-refractivity contribution in [3.05, 3.63) is 113 Å². The van der Waals surface area contributed by atoms with Crippen LogP contribution in [-0.4, -0.2) is 30.6 Å². The molecule has 38 heavy (non-hydrogen) atoms. The van der Waals surface area contributed by atoms with E-state index < -0.39 is 11.7 Å². The highest BCUT2D eigenvalue weighted by Crippen LogP contribution is 2.29. The van der Waals surface area contributed by atoms with Crippen LogP contribution in [0.25, 0.3) is 16.6 Å². The van der Waals surface area contributed by atoms with Crippen LogP contribution in [0.3, 0.4) is 0 Å². The van der Waals surface area contributed by atoms with Crippen LogP contribution in [0.4, 0.5) is 19.0 Å². The van der Waals surface area contributed by atoms with Crippen LogP contribution in [0.2, 0.25) is 0 Å². The Morgan fingerprint density at radius 1 is 1.03 bits per heavy atom. The zero-order valence-electron chi connectivity index (χ0n) is 20.4. The molecule has 0 bridgehead atoms. The lowest BCUT2D eigenvalue weighted by atomic mass is 10.1. The van der Waals surface area contributed by atoms with Gasteiger partial charge in [0.25, 0.3) is 5.91 Å². The molecule has 3 aromatic heterocycles. The van der Waals surface area contributed by atoms with Gasteiger partial charge in [-0.2, -0.15) is 18.3 Å². The third-order valence-corrected chi connectivity index (χ3v) is 6.19. The quantitative estimate of drug-likeness (QED) is 0.319. The van der Waals surface area contributed by atoms with Gasteiger partial charge in [-0.25, -0.2) is 9.67 Å². The first kappa shape index (κ1) is 24.9. The van der Waals surface area contributed by atoms with Crippen LogP contribution < -0.4 is 5.73 Å². The van der Waals surface area contributed by atoms with E-state index in [-0.39, 0.29) is 19.0 Å². The number of hydrogen-bond donors (Lipinski definition) is 1. The summed E-state index contributed by atoms with van der Waals surface area (Å²) >= 11 is 0. The van der Waals surface area contributed by atoms with Crippen LogP contribution >= 0.6 is 0 Å². The maximum absolute atomic E-state index is 13.8. The van der Waals surface area contributed by atoms with E-state index in [9.17, 15) is 18.0 Å². The maximum atomic E-state index is 13.8. The molecule has 0 aliphatic rings. The number of fused-ring (bicyclic) bond motifs is 1. The first-order chi connectivity index (χ1) is 18.2. The van der Waals surface area contributed by atoms with Gasteiger partial charge in [-0.15, -0.1) is 0 Å². The Labute approximate surface area is 216 Å². The number of carbonyl (C=O) groups excluding carboxylic acids is 1. The lowest BCUT2D eigenvalue weighted by Gasteiger charge is -2.24. The van der Waals surface area contributed by atoms with Gasteiger partial charge >= 0.3 is 6.18 Å². The standard InChI is InChI=1S/C28H23F3N6O/c1-18-13-21-14-19(7-10-24(21)35-26(18)32)27(38)36(17-23-9-8-22(15-33-23)28(29,30)31)16-20-5-2-3-6-25(20)37-12-4-11-34-37/h2-15H,16-17H2,1H3,(H2,32,35). The summed E-state index contributed by atoms with van der Waals surface area (Å²) in [6.45, 7) is 2.02. The fourth-order valence-electron chi connectivity index (χ4n) is 4.18. The molecule has 3 heterocycles. The summed E-state index contributed by atoms with van der Waals surface area (Å²) in [7, 11) is 0. The van der Waals surface area contributed by atoms with Gasteiger partial charge in [-0.05, 0) is 66.6 Å². The molecule has 0 saturated carbocycles. The number of pyridine rings is 2. The summed E-state index contributed by atoms with van der Waals surface area (Å²) in [6.07, 6.45) is -0.259. The summed E-state index contributed by atoms with van der Waals surface area (Å²) in [5.41, 5.74) is 8.85. The van der Waals surface area contributed by atoms with Crippen LogP contribution in [0, 0.1) is 6.92 Å². The van der Waals surface area contributed by atoms with Gasteiger partial charge in [-0.3, -0.25) is 9.78 Å². The number of nitrogens with two attached hydrogens (primary N) is 1. The molecule has 7 nitrogen and oxygen atoms in total. The molecule has 0 atom stereocenters. The minimum atomic E-state index is -4.50. The number of aromatic nitrogens is 4. The highest BCUT2D eigenvalue weighted by atomic mass is 19.4. The van der Waals surface area contributed by atoms with Gasteiger partial charge in [0, 0.05) is 36.1 Å². The van der Waals surface area contributed by atoms with Crippen molar-refractivity contribution < 1.29 is 18.0 Å². The predicted octanol–water partition coefficient (Wildman–Crippen LogP) is 5.57. The van der Waals surface area contributed by atoms with E-state index in [0.29, 0.717) is 22.6 Å². The topological polar surface area (TPSA) is 89.9 Å². The van der Waals surface area contributed by atoms with Gasteiger partial charge in [-0.1, -0.05) is 18.2 Å². The summed E-state index contributed by atoms with van der Waals surface area (Å²) in [4.78, 5) is 23.7. The molecule has 2 N–H and O–H groups in total. The molecule has 192 valence electrons. The number of amides is 1. The Bertz CT molecular complexity index is 1600. The van der Waals surface area contributed by atoms with E-state index in [1.54, 1.807) is 46.2 Å². The molecule has 2 aromatic carbocycles. The van der Waals surface area contributed by atoms with Crippen molar-refractivity contribution in [1.29, 1.82) is 0 Å². The van der Waals surface area contributed by atoms with Crippen LogP contribution in [0.15, 0.2) is 85.3 Å². The number of alkyl halides is 3. The predicted molar refractivity (Wildman–Crippen MR) is 137 cm³/mol. The van der Waals surface area contributed by atoms with Crippen LogP contribution in [0.5, 0.6) is 0 Å². The number of carbonyl (C=O) groups is 1. The molecule has 0 unspecified atom stereocenters. The molecule has 5 rings (SSSR count). The number of halogens is 3. The second kappa shape index (κ2) is 9.97. The zero-order valence-corrected chi connectivity index (χ0v) is 20.4. The number of nitrogens with zero attached hydrogens (tertiary/aromatic N) is 5. The highest BCUT2D eigenvalue weighted by molar-refractivity contribution is 5.98.